The summed E-state index contributed by atoms with van der Waals surface area (Å²) in [7, 11) is 0. The largest absolute Gasteiger partial charge is 0.379 e. The average Bonchev–Trinajstić information content (AvgIpc) is 2.68. The van der Waals surface area contributed by atoms with Gasteiger partial charge in [0.05, 0.1) is 19.3 Å². The molecule has 1 atom stereocenters. The molecular weight excluding hydrogens is 316 g/mol. The van der Waals surface area contributed by atoms with Crippen LogP contribution < -0.4 is 5.32 Å². The Balaban J connectivity index is 1.44. The summed E-state index contributed by atoms with van der Waals surface area (Å²) in [6, 6.07) is 4.07. The molecule has 0 bridgehead atoms. The van der Waals surface area contributed by atoms with E-state index in [1.54, 1.807) is 12.4 Å². The highest BCUT2D eigenvalue weighted by Gasteiger charge is 2.26. The second-order valence-electron chi connectivity index (χ2n) is 7.03. The zero-order valence-corrected chi connectivity index (χ0v) is 15.2. The van der Waals surface area contributed by atoms with Gasteiger partial charge >= 0.3 is 6.03 Å². The minimum absolute atomic E-state index is 0.0570. The van der Waals surface area contributed by atoms with Crippen molar-refractivity contribution < 1.29 is 9.53 Å². The molecule has 1 aromatic rings. The average molecular weight is 346 g/mol. The van der Waals surface area contributed by atoms with Crippen molar-refractivity contribution in [3.05, 3.63) is 30.1 Å². The molecule has 1 N–H and O–H groups in total. The molecule has 0 spiro atoms. The summed E-state index contributed by atoms with van der Waals surface area (Å²) in [5.41, 5.74) is 1.12. The number of pyridine rings is 1. The number of amides is 2. The fraction of sp³-hybridized carbons (Fsp3) is 0.684. The summed E-state index contributed by atoms with van der Waals surface area (Å²) >= 11 is 0. The van der Waals surface area contributed by atoms with Gasteiger partial charge in [0.15, 0.2) is 0 Å². The van der Waals surface area contributed by atoms with E-state index in [0.29, 0.717) is 5.92 Å². The van der Waals surface area contributed by atoms with Crippen LogP contribution in [0.5, 0.6) is 0 Å². The minimum atomic E-state index is 0.0570. The maximum atomic E-state index is 12.6. The maximum Gasteiger partial charge on any atom is 0.317 e. The van der Waals surface area contributed by atoms with Crippen LogP contribution in [0.25, 0.3) is 0 Å². The normalized spacial score (nSPS) is 21.1. The molecule has 2 amide bonds. The third-order valence-electron chi connectivity index (χ3n) is 5.34. The van der Waals surface area contributed by atoms with E-state index in [2.05, 4.69) is 22.1 Å². The highest BCUT2D eigenvalue weighted by Crippen LogP contribution is 2.21. The number of piperidine rings is 1. The molecule has 0 radical (unpaired) electrons. The van der Waals surface area contributed by atoms with Crippen LogP contribution in [0.1, 0.15) is 37.8 Å². The lowest BCUT2D eigenvalue weighted by molar-refractivity contribution is 0.0258. The van der Waals surface area contributed by atoms with Crippen LogP contribution in [0.2, 0.25) is 0 Å². The summed E-state index contributed by atoms with van der Waals surface area (Å²) in [5.74, 6) is 0.698. The van der Waals surface area contributed by atoms with Gasteiger partial charge in [-0.25, -0.2) is 4.79 Å². The van der Waals surface area contributed by atoms with Crippen LogP contribution in [0.4, 0.5) is 4.79 Å². The fourth-order valence-electron chi connectivity index (χ4n) is 3.72. The number of carbonyl (C=O) groups is 1. The molecule has 25 heavy (non-hydrogen) atoms. The van der Waals surface area contributed by atoms with Gasteiger partial charge in [-0.15, -0.1) is 0 Å². The SMILES string of the molecule is CC[C@@H](NC(=O)N1CCC(CN2CCOCC2)CC1)c1ccncc1. The minimum Gasteiger partial charge on any atom is -0.379 e. The van der Waals surface area contributed by atoms with Gasteiger partial charge in [-0.3, -0.25) is 9.88 Å². The molecule has 0 aliphatic carbocycles. The second kappa shape index (κ2) is 9.15. The monoisotopic (exact) mass is 346 g/mol. The molecule has 0 unspecified atom stereocenters. The van der Waals surface area contributed by atoms with Crippen molar-refractivity contribution in [3.8, 4) is 0 Å². The number of urea groups is 1. The first kappa shape index (κ1) is 18.1. The Morgan fingerprint density at radius 2 is 1.92 bits per heavy atom. The van der Waals surface area contributed by atoms with Crippen LogP contribution in [0.3, 0.4) is 0 Å². The Bertz CT molecular complexity index is 525. The standard InChI is InChI=1S/C19H30N4O2/c1-2-18(17-3-7-20-8-4-17)21-19(24)23-9-5-16(6-10-23)15-22-11-13-25-14-12-22/h3-4,7-8,16,18H,2,5-6,9-15H2,1H3,(H,21,24)/t18-/m1/s1. The van der Waals surface area contributed by atoms with E-state index in [-0.39, 0.29) is 12.1 Å². The van der Waals surface area contributed by atoms with Crippen molar-refractivity contribution in [2.24, 2.45) is 5.92 Å². The van der Waals surface area contributed by atoms with Gasteiger partial charge in [0.25, 0.3) is 0 Å². The van der Waals surface area contributed by atoms with E-state index in [9.17, 15) is 4.79 Å². The third kappa shape index (κ3) is 5.16. The van der Waals surface area contributed by atoms with Crippen molar-refractivity contribution in [1.82, 2.24) is 20.1 Å². The molecule has 138 valence electrons. The number of hydrogen-bond acceptors (Lipinski definition) is 4. The molecule has 3 heterocycles. The number of nitrogens with zero attached hydrogens (tertiary/aromatic N) is 3. The van der Waals surface area contributed by atoms with E-state index in [4.69, 9.17) is 4.74 Å². The number of hydrogen-bond donors (Lipinski definition) is 1. The predicted molar refractivity (Wildman–Crippen MR) is 97.4 cm³/mol. The molecule has 2 fully saturated rings. The number of carbonyl (C=O) groups excluding carboxylic acids is 1. The zero-order chi connectivity index (χ0) is 17.5. The lowest BCUT2D eigenvalue weighted by Crippen LogP contribution is -2.47. The molecule has 0 aromatic carbocycles. The van der Waals surface area contributed by atoms with Gasteiger partial charge in [0.2, 0.25) is 0 Å². The Labute approximate surface area is 150 Å². The summed E-state index contributed by atoms with van der Waals surface area (Å²) in [6.07, 6.45) is 6.62. The van der Waals surface area contributed by atoms with Crippen LogP contribution >= 0.6 is 0 Å². The van der Waals surface area contributed by atoms with Crippen LogP contribution in [0, 0.1) is 5.92 Å². The first-order valence-corrected chi connectivity index (χ1v) is 9.51. The zero-order valence-electron chi connectivity index (χ0n) is 15.2. The third-order valence-corrected chi connectivity index (χ3v) is 5.34. The number of aromatic nitrogens is 1. The number of likely N-dealkylation sites (tertiary alicyclic amines) is 1. The summed E-state index contributed by atoms with van der Waals surface area (Å²) in [6.45, 7) is 8.76. The predicted octanol–water partition coefficient (Wildman–Crippen LogP) is 2.29. The number of morpholine rings is 1. The second-order valence-corrected chi connectivity index (χ2v) is 7.03. The fourth-order valence-corrected chi connectivity index (χ4v) is 3.72. The van der Waals surface area contributed by atoms with Crippen LogP contribution in [0.15, 0.2) is 24.5 Å². The van der Waals surface area contributed by atoms with Gasteiger partial charge in [-0.1, -0.05) is 6.92 Å². The van der Waals surface area contributed by atoms with E-state index in [0.717, 1.165) is 70.8 Å². The molecule has 3 rings (SSSR count). The molecule has 6 nitrogen and oxygen atoms in total. The van der Waals surface area contributed by atoms with Crippen LogP contribution in [-0.2, 0) is 4.74 Å². The van der Waals surface area contributed by atoms with Crippen molar-refractivity contribution in [2.45, 2.75) is 32.2 Å². The molecule has 0 saturated carbocycles. The smallest absolute Gasteiger partial charge is 0.317 e. The number of nitrogens with one attached hydrogen (secondary N) is 1. The van der Waals surface area contributed by atoms with Crippen molar-refractivity contribution in [2.75, 3.05) is 45.9 Å². The first-order valence-electron chi connectivity index (χ1n) is 9.51. The maximum absolute atomic E-state index is 12.6. The summed E-state index contributed by atoms with van der Waals surface area (Å²) in [5, 5.41) is 3.18. The highest BCUT2D eigenvalue weighted by molar-refractivity contribution is 5.74. The summed E-state index contributed by atoms with van der Waals surface area (Å²) < 4.78 is 5.41. The molecule has 2 aliphatic rings. The molecule has 2 aliphatic heterocycles. The number of rotatable bonds is 5. The van der Waals surface area contributed by atoms with E-state index < -0.39 is 0 Å². The van der Waals surface area contributed by atoms with Crippen LogP contribution in [-0.4, -0.2) is 66.8 Å². The topological polar surface area (TPSA) is 57.7 Å². The van der Waals surface area contributed by atoms with Gasteiger partial charge in [-0.2, -0.15) is 0 Å². The van der Waals surface area contributed by atoms with Gasteiger partial charge < -0.3 is 15.0 Å². The van der Waals surface area contributed by atoms with E-state index in [1.165, 1.54) is 0 Å². The van der Waals surface area contributed by atoms with E-state index in [1.807, 2.05) is 17.0 Å². The van der Waals surface area contributed by atoms with Crippen molar-refractivity contribution in [3.63, 3.8) is 0 Å². The molecular formula is C19H30N4O2. The first-order chi connectivity index (χ1) is 12.3. The van der Waals surface area contributed by atoms with Gasteiger partial charge in [0, 0.05) is 45.1 Å². The quantitative estimate of drug-likeness (QED) is 0.889. The van der Waals surface area contributed by atoms with Gasteiger partial charge in [-0.05, 0) is 42.9 Å². The number of ether oxygens (including phenoxy) is 1. The highest BCUT2D eigenvalue weighted by atomic mass is 16.5. The Kier molecular flexibility index (Phi) is 6.64. The van der Waals surface area contributed by atoms with E-state index >= 15 is 0 Å². The Hall–Kier alpha value is -1.66. The van der Waals surface area contributed by atoms with Gasteiger partial charge in [0.1, 0.15) is 0 Å². The lowest BCUT2D eigenvalue weighted by Gasteiger charge is -2.36. The van der Waals surface area contributed by atoms with Crippen molar-refractivity contribution in [1.29, 1.82) is 0 Å². The van der Waals surface area contributed by atoms with Crippen molar-refractivity contribution >= 4 is 6.03 Å². The molecule has 6 heteroatoms. The summed E-state index contributed by atoms with van der Waals surface area (Å²) in [4.78, 5) is 21.1. The lowest BCUT2D eigenvalue weighted by atomic mass is 9.96. The molecule has 2 saturated heterocycles. The Morgan fingerprint density at radius 3 is 2.56 bits per heavy atom. The molecule has 1 aromatic heterocycles. The Morgan fingerprint density at radius 1 is 1.24 bits per heavy atom.